The SMILES string of the molecule is O=S(=O)(c1ccccc1)N(Cc1ccccc1)c1ccc(N=C2CCCC2)cc1. The molecule has 1 saturated carbocycles. The Morgan fingerprint density at radius 1 is 0.759 bits per heavy atom. The number of anilines is 1. The number of hydrogen-bond donors (Lipinski definition) is 0. The van der Waals surface area contributed by atoms with Crippen LogP contribution in [0.1, 0.15) is 31.2 Å². The van der Waals surface area contributed by atoms with Crippen LogP contribution in [0.3, 0.4) is 0 Å². The maximum atomic E-state index is 13.4. The molecule has 0 amide bonds. The topological polar surface area (TPSA) is 49.7 Å². The Balaban J connectivity index is 1.69. The minimum atomic E-state index is -3.69. The maximum absolute atomic E-state index is 13.4. The van der Waals surface area contributed by atoms with E-state index in [1.807, 2.05) is 60.7 Å². The fraction of sp³-hybridized carbons (Fsp3) is 0.208. The summed E-state index contributed by atoms with van der Waals surface area (Å²) < 4.78 is 28.3. The quantitative estimate of drug-likeness (QED) is 0.527. The molecule has 5 heteroatoms. The first-order valence-corrected chi connectivity index (χ1v) is 11.4. The average molecular weight is 405 g/mol. The molecule has 3 aromatic rings. The van der Waals surface area contributed by atoms with Crippen molar-refractivity contribution in [1.29, 1.82) is 0 Å². The van der Waals surface area contributed by atoms with Gasteiger partial charge in [-0.05, 0) is 67.6 Å². The van der Waals surface area contributed by atoms with Crippen molar-refractivity contribution in [3.63, 3.8) is 0 Å². The summed E-state index contributed by atoms with van der Waals surface area (Å²) in [5.41, 5.74) is 3.67. The van der Waals surface area contributed by atoms with E-state index >= 15 is 0 Å². The zero-order valence-electron chi connectivity index (χ0n) is 16.2. The predicted octanol–water partition coefficient (Wildman–Crippen LogP) is 5.73. The smallest absolute Gasteiger partial charge is 0.262 e. The van der Waals surface area contributed by atoms with Crippen LogP contribution in [0, 0.1) is 0 Å². The molecule has 29 heavy (non-hydrogen) atoms. The van der Waals surface area contributed by atoms with Crippen LogP contribution in [0.4, 0.5) is 11.4 Å². The van der Waals surface area contributed by atoms with Crippen molar-refractivity contribution in [2.45, 2.75) is 37.1 Å². The second-order valence-corrected chi connectivity index (χ2v) is 9.07. The van der Waals surface area contributed by atoms with Crippen LogP contribution in [0.25, 0.3) is 0 Å². The van der Waals surface area contributed by atoms with E-state index in [2.05, 4.69) is 0 Å². The standard InChI is InChI=1S/C24H24N2O2S/c27-29(28,24-13-5-2-6-14-24)26(19-20-9-3-1-4-10-20)23-17-15-22(16-18-23)25-21-11-7-8-12-21/h1-6,9-10,13-18H,7-8,11-12,19H2. The lowest BCUT2D eigenvalue weighted by molar-refractivity contribution is 0.590. The van der Waals surface area contributed by atoms with Gasteiger partial charge in [0.1, 0.15) is 0 Å². The lowest BCUT2D eigenvalue weighted by atomic mass is 10.2. The molecule has 1 aliphatic rings. The lowest BCUT2D eigenvalue weighted by Gasteiger charge is -2.25. The van der Waals surface area contributed by atoms with Crippen LogP contribution in [-0.4, -0.2) is 14.1 Å². The monoisotopic (exact) mass is 404 g/mol. The van der Waals surface area contributed by atoms with Gasteiger partial charge in [-0.3, -0.25) is 9.30 Å². The number of hydrogen-bond acceptors (Lipinski definition) is 3. The summed E-state index contributed by atoms with van der Waals surface area (Å²) in [6.07, 6.45) is 4.53. The molecule has 0 N–H and O–H groups in total. The van der Waals surface area contributed by atoms with Gasteiger partial charge in [0.2, 0.25) is 0 Å². The second kappa shape index (κ2) is 8.62. The third kappa shape index (κ3) is 4.57. The van der Waals surface area contributed by atoms with Crippen molar-refractivity contribution in [3.05, 3.63) is 90.5 Å². The predicted molar refractivity (Wildman–Crippen MR) is 118 cm³/mol. The van der Waals surface area contributed by atoms with Gasteiger partial charge in [0.05, 0.1) is 22.8 Å². The molecule has 0 saturated heterocycles. The molecule has 1 aliphatic carbocycles. The van der Waals surface area contributed by atoms with E-state index in [1.165, 1.54) is 22.9 Å². The molecular formula is C24H24N2O2S. The van der Waals surface area contributed by atoms with Crippen molar-refractivity contribution in [2.75, 3.05) is 4.31 Å². The number of benzene rings is 3. The highest BCUT2D eigenvalue weighted by Gasteiger charge is 2.25. The van der Waals surface area contributed by atoms with Crippen LogP contribution in [0.5, 0.6) is 0 Å². The molecule has 0 atom stereocenters. The summed E-state index contributed by atoms with van der Waals surface area (Å²) in [6.45, 7) is 0.270. The van der Waals surface area contributed by atoms with Gasteiger partial charge in [0, 0.05) is 5.71 Å². The normalized spacial score (nSPS) is 14.0. The summed E-state index contributed by atoms with van der Waals surface area (Å²) in [7, 11) is -3.69. The van der Waals surface area contributed by atoms with Gasteiger partial charge in [-0.15, -0.1) is 0 Å². The number of sulfonamides is 1. The molecule has 0 aromatic heterocycles. The van der Waals surface area contributed by atoms with Crippen LogP contribution in [0.15, 0.2) is 94.8 Å². The summed E-state index contributed by atoms with van der Waals surface area (Å²) >= 11 is 0. The Bertz CT molecular complexity index is 1070. The highest BCUT2D eigenvalue weighted by Crippen LogP contribution is 2.28. The van der Waals surface area contributed by atoms with Crippen LogP contribution in [0.2, 0.25) is 0 Å². The van der Waals surface area contributed by atoms with Crippen LogP contribution in [-0.2, 0) is 16.6 Å². The van der Waals surface area contributed by atoms with E-state index in [1.54, 1.807) is 24.3 Å². The summed E-state index contributed by atoms with van der Waals surface area (Å²) in [6, 6.07) is 25.7. The van der Waals surface area contributed by atoms with Crippen molar-refractivity contribution >= 4 is 27.1 Å². The van der Waals surface area contributed by atoms with Gasteiger partial charge in [-0.1, -0.05) is 48.5 Å². The third-order valence-corrected chi connectivity index (χ3v) is 6.89. The molecule has 0 bridgehead atoms. The van der Waals surface area contributed by atoms with Gasteiger partial charge in [0.15, 0.2) is 0 Å². The molecule has 3 aromatic carbocycles. The van der Waals surface area contributed by atoms with Crippen molar-refractivity contribution in [1.82, 2.24) is 0 Å². The lowest BCUT2D eigenvalue weighted by Crippen LogP contribution is -2.30. The Morgan fingerprint density at radius 3 is 1.97 bits per heavy atom. The highest BCUT2D eigenvalue weighted by atomic mass is 32.2. The van der Waals surface area contributed by atoms with E-state index in [-0.39, 0.29) is 11.4 Å². The molecule has 0 radical (unpaired) electrons. The van der Waals surface area contributed by atoms with Gasteiger partial charge < -0.3 is 0 Å². The van der Waals surface area contributed by atoms with Gasteiger partial charge in [-0.2, -0.15) is 0 Å². The second-order valence-electron chi connectivity index (χ2n) is 7.21. The van der Waals surface area contributed by atoms with Gasteiger partial charge in [0.25, 0.3) is 10.0 Å². The van der Waals surface area contributed by atoms with E-state index in [9.17, 15) is 8.42 Å². The molecule has 1 fully saturated rings. The molecule has 0 spiro atoms. The zero-order valence-corrected chi connectivity index (χ0v) is 17.1. The largest absolute Gasteiger partial charge is 0.264 e. The fourth-order valence-electron chi connectivity index (χ4n) is 3.55. The molecule has 4 rings (SSSR count). The maximum Gasteiger partial charge on any atom is 0.264 e. The number of aliphatic imine (C=N–C) groups is 1. The first-order chi connectivity index (χ1) is 14.1. The van der Waals surface area contributed by atoms with Crippen LogP contribution >= 0.6 is 0 Å². The van der Waals surface area contributed by atoms with E-state index in [4.69, 9.17) is 4.99 Å². The zero-order chi connectivity index (χ0) is 20.1. The summed E-state index contributed by atoms with van der Waals surface area (Å²) in [4.78, 5) is 5.00. The average Bonchev–Trinajstić information content (AvgIpc) is 3.27. The van der Waals surface area contributed by atoms with Crippen LogP contribution < -0.4 is 4.31 Å². The highest BCUT2D eigenvalue weighted by molar-refractivity contribution is 7.92. The van der Waals surface area contributed by atoms with Crippen molar-refractivity contribution in [2.24, 2.45) is 4.99 Å². The van der Waals surface area contributed by atoms with Gasteiger partial charge >= 0.3 is 0 Å². The molecule has 0 aliphatic heterocycles. The molecular weight excluding hydrogens is 380 g/mol. The van der Waals surface area contributed by atoms with E-state index in [0.29, 0.717) is 5.69 Å². The minimum Gasteiger partial charge on any atom is -0.262 e. The molecule has 4 nitrogen and oxygen atoms in total. The Labute approximate surface area is 172 Å². The number of rotatable bonds is 6. The van der Waals surface area contributed by atoms with Crippen molar-refractivity contribution < 1.29 is 8.42 Å². The molecule has 0 unspecified atom stereocenters. The number of nitrogens with zero attached hydrogens (tertiary/aromatic N) is 2. The van der Waals surface area contributed by atoms with Gasteiger partial charge in [-0.25, -0.2) is 8.42 Å². The Morgan fingerprint density at radius 2 is 1.34 bits per heavy atom. The van der Waals surface area contributed by atoms with E-state index in [0.717, 1.165) is 24.1 Å². The molecule has 148 valence electrons. The minimum absolute atomic E-state index is 0.270. The first kappa shape index (κ1) is 19.4. The summed E-state index contributed by atoms with van der Waals surface area (Å²) in [5.74, 6) is 0. The third-order valence-electron chi connectivity index (χ3n) is 5.11. The molecule has 0 heterocycles. The fourth-order valence-corrected chi connectivity index (χ4v) is 5.03. The summed E-state index contributed by atoms with van der Waals surface area (Å²) in [5, 5.41) is 0. The van der Waals surface area contributed by atoms with E-state index < -0.39 is 10.0 Å². The Kier molecular flexibility index (Phi) is 5.76. The van der Waals surface area contributed by atoms with Crippen molar-refractivity contribution in [3.8, 4) is 0 Å². The Hall–Kier alpha value is -2.92. The first-order valence-electron chi connectivity index (χ1n) is 9.91.